The number of rotatable bonds is 6. The SMILES string of the molecule is CCOC(=O)CCc1ccc(B2OC(C)(C)C(C)(C)O2)c(NC(=O)OC(C)(C)C)c1. The van der Waals surface area contributed by atoms with Gasteiger partial charge in [0.25, 0.3) is 0 Å². The Kier molecular flexibility index (Phi) is 7.25. The lowest BCUT2D eigenvalue weighted by Gasteiger charge is -2.32. The molecule has 166 valence electrons. The Balaban J connectivity index is 2.29. The zero-order chi connectivity index (χ0) is 22.7. The summed E-state index contributed by atoms with van der Waals surface area (Å²) in [5.74, 6) is -0.255. The number of carbonyl (C=O) groups excluding carboxylic acids is 2. The van der Waals surface area contributed by atoms with Gasteiger partial charge in [0.05, 0.1) is 17.8 Å². The fourth-order valence-corrected chi connectivity index (χ4v) is 2.94. The Morgan fingerprint density at radius 2 is 1.70 bits per heavy atom. The van der Waals surface area contributed by atoms with E-state index < -0.39 is 30.0 Å². The number of nitrogens with one attached hydrogen (secondary N) is 1. The molecule has 1 heterocycles. The summed E-state index contributed by atoms with van der Waals surface area (Å²) in [4.78, 5) is 24.1. The molecule has 8 heteroatoms. The lowest BCUT2D eigenvalue weighted by atomic mass is 9.77. The number of carbonyl (C=O) groups is 2. The fourth-order valence-electron chi connectivity index (χ4n) is 2.94. The number of amides is 1. The van der Waals surface area contributed by atoms with Gasteiger partial charge in [-0.15, -0.1) is 0 Å². The zero-order valence-corrected chi connectivity index (χ0v) is 19.4. The summed E-state index contributed by atoms with van der Waals surface area (Å²) in [6.07, 6.45) is 0.184. The molecule has 1 aromatic rings. The molecule has 1 amide bonds. The summed E-state index contributed by atoms with van der Waals surface area (Å²) < 4.78 is 22.7. The van der Waals surface area contributed by atoms with Gasteiger partial charge in [-0.05, 0) is 73.4 Å². The first-order chi connectivity index (χ1) is 13.7. The molecule has 0 aromatic heterocycles. The molecule has 2 rings (SSSR count). The van der Waals surface area contributed by atoms with Crippen LogP contribution < -0.4 is 10.8 Å². The highest BCUT2D eigenvalue weighted by Gasteiger charge is 2.52. The lowest BCUT2D eigenvalue weighted by Crippen LogP contribution is -2.41. The lowest BCUT2D eigenvalue weighted by molar-refractivity contribution is -0.143. The summed E-state index contributed by atoms with van der Waals surface area (Å²) in [6.45, 7) is 15.4. The van der Waals surface area contributed by atoms with E-state index in [0.717, 1.165) is 5.56 Å². The van der Waals surface area contributed by atoms with Crippen molar-refractivity contribution in [1.82, 2.24) is 0 Å². The van der Waals surface area contributed by atoms with Gasteiger partial charge < -0.3 is 18.8 Å². The quantitative estimate of drug-likeness (QED) is 0.558. The topological polar surface area (TPSA) is 83.1 Å². The average Bonchev–Trinajstić information content (AvgIpc) is 2.79. The number of anilines is 1. The second-order valence-electron chi connectivity index (χ2n) is 9.44. The summed E-state index contributed by atoms with van der Waals surface area (Å²) in [5, 5.41) is 2.81. The van der Waals surface area contributed by atoms with Crippen LogP contribution in [-0.2, 0) is 30.0 Å². The van der Waals surface area contributed by atoms with Crippen LogP contribution in [0.4, 0.5) is 10.5 Å². The van der Waals surface area contributed by atoms with Gasteiger partial charge >= 0.3 is 19.2 Å². The molecule has 0 unspecified atom stereocenters. The molecule has 0 aliphatic carbocycles. The van der Waals surface area contributed by atoms with Gasteiger partial charge in [0.2, 0.25) is 0 Å². The number of benzene rings is 1. The molecule has 30 heavy (non-hydrogen) atoms. The maximum absolute atomic E-state index is 12.4. The molecule has 0 saturated carbocycles. The third-order valence-corrected chi connectivity index (χ3v) is 5.18. The second-order valence-corrected chi connectivity index (χ2v) is 9.44. The van der Waals surface area contributed by atoms with E-state index in [2.05, 4.69) is 5.32 Å². The first-order valence-electron chi connectivity index (χ1n) is 10.4. The molecule has 1 aromatic carbocycles. The largest absolute Gasteiger partial charge is 0.496 e. The zero-order valence-electron chi connectivity index (χ0n) is 19.4. The van der Waals surface area contributed by atoms with E-state index in [9.17, 15) is 9.59 Å². The van der Waals surface area contributed by atoms with Crippen LogP contribution in [0.1, 0.15) is 67.4 Å². The van der Waals surface area contributed by atoms with Crippen LogP contribution in [0.5, 0.6) is 0 Å². The van der Waals surface area contributed by atoms with Crippen molar-refractivity contribution < 1.29 is 28.4 Å². The van der Waals surface area contributed by atoms with Crippen molar-refractivity contribution in [2.45, 2.75) is 85.0 Å². The highest BCUT2D eigenvalue weighted by atomic mass is 16.7. The molecule has 0 radical (unpaired) electrons. The van der Waals surface area contributed by atoms with Gasteiger partial charge in [0.15, 0.2) is 0 Å². The predicted octanol–water partition coefficient (Wildman–Crippen LogP) is 3.83. The summed E-state index contributed by atoms with van der Waals surface area (Å²) >= 11 is 0. The number of ether oxygens (including phenoxy) is 2. The molecule has 1 fully saturated rings. The molecule has 0 atom stereocenters. The molecule has 0 bridgehead atoms. The molecular formula is C22H34BNO6. The van der Waals surface area contributed by atoms with Crippen LogP contribution in [-0.4, -0.2) is 42.6 Å². The molecule has 1 saturated heterocycles. The van der Waals surface area contributed by atoms with E-state index in [4.69, 9.17) is 18.8 Å². The molecule has 1 aliphatic rings. The molecule has 0 spiro atoms. The number of hydrogen-bond acceptors (Lipinski definition) is 6. The monoisotopic (exact) mass is 419 g/mol. The Hall–Kier alpha value is -2.06. The van der Waals surface area contributed by atoms with Crippen molar-refractivity contribution >= 4 is 30.3 Å². The third kappa shape index (κ3) is 6.22. The van der Waals surface area contributed by atoms with E-state index in [1.54, 1.807) is 27.7 Å². The Morgan fingerprint density at radius 1 is 1.10 bits per heavy atom. The van der Waals surface area contributed by atoms with Crippen LogP contribution in [0.15, 0.2) is 18.2 Å². The Morgan fingerprint density at radius 3 is 2.23 bits per heavy atom. The predicted molar refractivity (Wildman–Crippen MR) is 117 cm³/mol. The van der Waals surface area contributed by atoms with E-state index >= 15 is 0 Å². The van der Waals surface area contributed by atoms with Crippen LogP contribution in [0.3, 0.4) is 0 Å². The van der Waals surface area contributed by atoms with Gasteiger partial charge in [-0.1, -0.05) is 12.1 Å². The van der Waals surface area contributed by atoms with Crippen molar-refractivity contribution in [3.05, 3.63) is 23.8 Å². The van der Waals surface area contributed by atoms with Crippen molar-refractivity contribution in [2.75, 3.05) is 11.9 Å². The number of aryl methyl sites for hydroxylation is 1. The first kappa shape index (κ1) is 24.2. The molecule has 1 N–H and O–H groups in total. The van der Waals surface area contributed by atoms with Crippen LogP contribution >= 0.6 is 0 Å². The molecular weight excluding hydrogens is 385 g/mol. The van der Waals surface area contributed by atoms with Crippen LogP contribution in [0, 0.1) is 0 Å². The van der Waals surface area contributed by atoms with E-state index in [1.807, 2.05) is 45.9 Å². The first-order valence-corrected chi connectivity index (χ1v) is 10.4. The smallest absolute Gasteiger partial charge is 0.466 e. The van der Waals surface area contributed by atoms with Gasteiger partial charge in [-0.2, -0.15) is 0 Å². The molecule has 1 aliphatic heterocycles. The van der Waals surface area contributed by atoms with Crippen LogP contribution in [0.2, 0.25) is 0 Å². The summed E-state index contributed by atoms with van der Waals surface area (Å²) in [6, 6.07) is 5.58. The third-order valence-electron chi connectivity index (χ3n) is 5.18. The van der Waals surface area contributed by atoms with Gasteiger partial charge in [-0.25, -0.2) is 4.79 Å². The Labute approximate surface area is 179 Å². The maximum atomic E-state index is 12.4. The van der Waals surface area contributed by atoms with Crippen LogP contribution in [0.25, 0.3) is 0 Å². The minimum atomic E-state index is -0.640. The molecule has 7 nitrogen and oxygen atoms in total. The summed E-state index contributed by atoms with van der Waals surface area (Å²) in [5.41, 5.74) is 0.459. The number of hydrogen-bond donors (Lipinski definition) is 1. The summed E-state index contributed by atoms with van der Waals surface area (Å²) in [7, 11) is -0.640. The van der Waals surface area contributed by atoms with Crippen molar-refractivity contribution in [3.63, 3.8) is 0 Å². The fraction of sp³-hybridized carbons (Fsp3) is 0.636. The number of esters is 1. The maximum Gasteiger partial charge on any atom is 0.496 e. The standard InChI is InChI=1S/C22H34BNO6/c1-9-27-18(25)13-11-15-10-12-16(23-29-21(5,6)22(7,8)30-23)17(14-15)24-19(26)28-20(2,3)4/h10,12,14H,9,11,13H2,1-8H3,(H,24,26). The van der Waals surface area contributed by atoms with Gasteiger partial charge in [0, 0.05) is 17.6 Å². The van der Waals surface area contributed by atoms with E-state index in [-0.39, 0.29) is 12.4 Å². The van der Waals surface area contributed by atoms with Gasteiger partial charge in [0.1, 0.15) is 5.60 Å². The van der Waals surface area contributed by atoms with Crippen molar-refractivity contribution in [2.24, 2.45) is 0 Å². The normalized spacial score (nSPS) is 17.5. The van der Waals surface area contributed by atoms with Gasteiger partial charge in [-0.3, -0.25) is 10.1 Å². The highest BCUT2D eigenvalue weighted by Crippen LogP contribution is 2.37. The van der Waals surface area contributed by atoms with E-state index in [0.29, 0.717) is 24.2 Å². The Bertz CT molecular complexity index is 768. The average molecular weight is 419 g/mol. The van der Waals surface area contributed by atoms with Crippen molar-refractivity contribution in [3.8, 4) is 0 Å². The van der Waals surface area contributed by atoms with E-state index in [1.165, 1.54) is 0 Å². The minimum absolute atomic E-state index is 0.255. The highest BCUT2D eigenvalue weighted by molar-refractivity contribution is 6.64. The minimum Gasteiger partial charge on any atom is -0.466 e. The van der Waals surface area contributed by atoms with Crippen molar-refractivity contribution in [1.29, 1.82) is 0 Å². The second kappa shape index (κ2) is 8.98.